The first-order valence-electron chi connectivity index (χ1n) is 18.4. The highest BCUT2D eigenvalue weighted by Crippen LogP contribution is 2.39. The lowest BCUT2D eigenvalue weighted by Crippen LogP contribution is -2.31. The number of hydrogen-bond acceptors (Lipinski definition) is 8. The quantitative estimate of drug-likeness (QED) is 0.0472. The second kappa shape index (κ2) is 22.7. The highest BCUT2D eigenvalue weighted by atomic mass is 16.5. The molecule has 0 radical (unpaired) electrons. The van der Waals surface area contributed by atoms with E-state index in [4.69, 9.17) is 28.4 Å². The number of anilines is 2. The van der Waals surface area contributed by atoms with E-state index in [-0.39, 0.29) is 11.8 Å². The number of amides is 2. The molecule has 4 rings (SSSR count). The van der Waals surface area contributed by atoms with Crippen molar-refractivity contribution in [2.75, 3.05) is 65.5 Å². The number of carbonyl (C=O) groups excluding carboxylic acids is 2. The number of unbranched alkanes of at least 4 members (excludes halogenated alkanes) is 3. The van der Waals surface area contributed by atoms with Crippen LogP contribution in [0.2, 0.25) is 0 Å². The van der Waals surface area contributed by atoms with E-state index >= 15 is 0 Å². The minimum absolute atomic E-state index is 0.113. The monoisotopic (exact) mass is 760 g/mol. The number of rotatable bonds is 21. The van der Waals surface area contributed by atoms with E-state index in [1.807, 2.05) is 109 Å². The summed E-state index contributed by atoms with van der Waals surface area (Å²) in [7, 11) is 9.41. The van der Waals surface area contributed by atoms with Crippen LogP contribution in [-0.2, 0) is 9.59 Å². The Balaban J connectivity index is 1.34. The van der Waals surface area contributed by atoms with E-state index in [1.54, 1.807) is 76.8 Å². The van der Waals surface area contributed by atoms with Gasteiger partial charge >= 0.3 is 0 Å². The van der Waals surface area contributed by atoms with Crippen molar-refractivity contribution < 1.29 is 38.0 Å². The van der Waals surface area contributed by atoms with E-state index in [0.29, 0.717) is 47.6 Å². The van der Waals surface area contributed by atoms with Crippen molar-refractivity contribution in [2.45, 2.75) is 25.7 Å². The van der Waals surface area contributed by atoms with E-state index < -0.39 is 0 Å². The van der Waals surface area contributed by atoms with Gasteiger partial charge in [-0.25, -0.2) is 0 Å². The fourth-order valence-electron chi connectivity index (χ4n) is 6.03. The fraction of sp³-hybridized carbons (Fsp3) is 0.261. The van der Waals surface area contributed by atoms with Crippen molar-refractivity contribution in [1.82, 2.24) is 0 Å². The van der Waals surface area contributed by atoms with Gasteiger partial charge in [-0.2, -0.15) is 0 Å². The summed E-state index contributed by atoms with van der Waals surface area (Å²) in [6, 6.07) is 26.7. The smallest absolute Gasteiger partial charge is 0.250 e. The lowest BCUT2D eigenvalue weighted by molar-refractivity contribution is -0.115. The maximum Gasteiger partial charge on any atom is 0.250 e. The molecule has 0 atom stereocenters. The van der Waals surface area contributed by atoms with Crippen LogP contribution in [0.1, 0.15) is 36.8 Å². The minimum Gasteiger partial charge on any atom is -0.493 e. The molecule has 0 bridgehead atoms. The molecule has 2 amide bonds. The maximum atomic E-state index is 13.4. The Bertz CT molecular complexity index is 1780. The Kier molecular flexibility index (Phi) is 17.2. The second-order valence-electron chi connectivity index (χ2n) is 12.4. The van der Waals surface area contributed by atoms with Crippen LogP contribution in [0.15, 0.2) is 121 Å². The summed E-state index contributed by atoms with van der Waals surface area (Å²) >= 11 is 0. The standard InChI is InChI=1S/C46H52N2O8/c1-51-39-31-35(32-40(52-2)45(39)55-5)21-15-17-27-43(49)47(37-23-11-9-12-24-37)29-19-7-8-20-30-48(38-25-13-10-14-26-38)44(50)28-18-16-22-36-33-41(53-3)46(56-6)42(34-36)54-4/h9-18,21-28,31-34H,7-8,19-20,29-30H2,1-6H3. The zero-order valence-electron chi connectivity index (χ0n) is 33.1. The average Bonchev–Trinajstić information content (AvgIpc) is 3.24. The molecule has 0 fully saturated rings. The number of para-hydroxylation sites is 2. The predicted molar refractivity (Wildman–Crippen MR) is 225 cm³/mol. The molecule has 0 unspecified atom stereocenters. The Labute approximate surface area is 330 Å². The summed E-state index contributed by atoms with van der Waals surface area (Å²) in [4.78, 5) is 30.4. The number of benzene rings is 4. The van der Waals surface area contributed by atoms with Gasteiger partial charge in [-0.15, -0.1) is 0 Å². The molecule has 56 heavy (non-hydrogen) atoms. The van der Waals surface area contributed by atoms with E-state index in [9.17, 15) is 9.59 Å². The highest BCUT2D eigenvalue weighted by Gasteiger charge is 2.16. The summed E-state index contributed by atoms with van der Waals surface area (Å²) in [6.07, 6.45) is 17.4. The first-order valence-corrected chi connectivity index (χ1v) is 18.4. The lowest BCUT2D eigenvalue weighted by Gasteiger charge is -2.22. The van der Waals surface area contributed by atoms with E-state index in [2.05, 4.69) is 0 Å². The Morgan fingerprint density at radius 1 is 0.464 bits per heavy atom. The minimum atomic E-state index is -0.113. The number of carbonyl (C=O) groups is 2. The third-order valence-corrected chi connectivity index (χ3v) is 8.83. The van der Waals surface area contributed by atoms with Crippen LogP contribution in [0, 0.1) is 0 Å². The number of nitrogens with zero attached hydrogens (tertiary/aromatic N) is 2. The van der Waals surface area contributed by atoms with Gasteiger partial charge in [0.05, 0.1) is 42.7 Å². The molecule has 0 spiro atoms. The molecule has 10 nitrogen and oxygen atoms in total. The fourth-order valence-corrected chi connectivity index (χ4v) is 6.03. The molecule has 0 heterocycles. The zero-order valence-corrected chi connectivity index (χ0v) is 33.1. The molecule has 294 valence electrons. The highest BCUT2D eigenvalue weighted by molar-refractivity contribution is 6.02. The molecule has 0 saturated carbocycles. The third kappa shape index (κ3) is 12.0. The van der Waals surface area contributed by atoms with Gasteiger partial charge in [-0.3, -0.25) is 9.59 Å². The van der Waals surface area contributed by atoms with Crippen molar-refractivity contribution in [3.8, 4) is 34.5 Å². The summed E-state index contributed by atoms with van der Waals surface area (Å²) in [6.45, 7) is 1.12. The Morgan fingerprint density at radius 2 is 0.804 bits per heavy atom. The lowest BCUT2D eigenvalue weighted by atomic mass is 10.1. The molecule has 4 aromatic carbocycles. The van der Waals surface area contributed by atoms with Gasteiger partial charge in [-0.1, -0.05) is 85.7 Å². The maximum absolute atomic E-state index is 13.4. The van der Waals surface area contributed by atoms with Crippen LogP contribution in [0.25, 0.3) is 12.2 Å². The van der Waals surface area contributed by atoms with Crippen molar-refractivity contribution in [3.05, 3.63) is 133 Å². The molecule has 0 aliphatic rings. The second-order valence-corrected chi connectivity index (χ2v) is 12.4. The molecule has 10 heteroatoms. The third-order valence-electron chi connectivity index (χ3n) is 8.83. The topological polar surface area (TPSA) is 96.0 Å². The van der Waals surface area contributed by atoms with Crippen LogP contribution in [0.4, 0.5) is 11.4 Å². The molecule has 0 aliphatic carbocycles. The van der Waals surface area contributed by atoms with E-state index in [0.717, 1.165) is 48.2 Å². The molecule has 0 aliphatic heterocycles. The molecule has 0 N–H and O–H groups in total. The van der Waals surface area contributed by atoms with Gasteiger partial charge in [-0.05, 0) is 72.5 Å². The van der Waals surface area contributed by atoms with Crippen molar-refractivity contribution >= 4 is 35.3 Å². The number of allylic oxidation sites excluding steroid dienone is 4. The number of ether oxygens (including phenoxy) is 6. The van der Waals surface area contributed by atoms with Gasteiger partial charge in [0, 0.05) is 36.6 Å². The first kappa shape index (κ1) is 42.3. The zero-order chi connectivity index (χ0) is 40.1. The van der Waals surface area contributed by atoms with Crippen LogP contribution in [-0.4, -0.2) is 67.6 Å². The van der Waals surface area contributed by atoms with Crippen LogP contribution in [0.3, 0.4) is 0 Å². The molecular formula is C46H52N2O8. The SMILES string of the molecule is COc1cc(C=CC=CC(=O)N(CCCCCCN(C(=O)C=CC=Cc2cc(OC)c(OC)c(OC)c2)c2ccccc2)c2ccccc2)cc(OC)c1OC. The summed E-state index contributed by atoms with van der Waals surface area (Å²) in [5.41, 5.74) is 3.35. The first-order chi connectivity index (χ1) is 27.4. The van der Waals surface area contributed by atoms with Gasteiger partial charge in [0.15, 0.2) is 23.0 Å². The Hall–Kier alpha value is -6.42. The van der Waals surface area contributed by atoms with Gasteiger partial charge < -0.3 is 38.2 Å². The average molecular weight is 761 g/mol. The predicted octanol–water partition coefficient (Wildman–Crippen LogP) is 9.20. The number of methoxy groups -OCH3 is 6. The Morgan fingerprint density at radius 3 is 1.11 bits per heavy atom. The van der Waals surface area contributed by atoms with Crippen LogP contribution in [0.5, 0.6) is 34.5 Å². The van der Waals surface area contributed by atoms with Gasteiger partial charge in [0.2, 0.25) is 11.5 Å². The van der Waals surface area contributed by atoms with Crippen LogP contribution < -0.4 is 38.2 Å². The van der Waals surface area contributed by atoms with Crippen molar-refractivity contribution in [1.29, 1.82) is 0 Å². The van der Waals surface area contributed by atoms with Gasteiger partial charge in [0.25, 0.3) is 11.8 Å². The summed E-state index contributed by atoms with van der Waals surface area (Å²) < 4.78 is 32.6. The summed E-state index contributed by atoms with van der Waals surface area (Å²) in [5.74, 6) is 3.02. The van der Waals surface area contributed by atoms with Crippen molar-refractivity contribution in [2.24, 2.45) is 0 Å². The van der Waals surface area contributed by atoms with E-state index in [1.165, 1.54) is 0 Å². The molecule has 4 aromatic rings. The van der Waals surface area contributed by atoms with Gasteiger partial charge in [0.1, 0.15) is 0 Å². The summed E-state index contributed by atoms with van der Waals surface area (Å²) in [5, 5.41) is 0. The van der Waals surface area contributed by atoms with Crippen LogP contribution >= 0.6 is 0 Å². The number of hydrogen-bond donors (Lipinski definition) is 0. The normalized spacial score (nSPS) is 11.3. The van der Waals surface area contributed by atoms with Crippen molar-refractivity contribution in [3.63, 3.8) is 0 Å². The molecule has 0 saturated heterocycles. The molecular weight excluding hydrogens is 709 g/mol. The molecule has 0 aromatic heterocycles. The largest absolute Gasteiger partial charge is 0.493 e.